The van der Waals surface area contributed by atoms with Crippen molar-refractivity contribution in [3.63, 3.8) is 0 Å². The van der Waals surface area contributed by atoms with Crippen molar-refractivity contribution >= 4 is 39.7 Å². The predicted molar refractivity (Wildman–Crippen MR) is 108 cm³/mol. The van der Waals surface area contributed by atoms with Gasteiger partial charge in [-0.3, -0.25) is 0 Å². The molecule has 1 aromatic heterocycles. The molecule has 2 aromatic rings. The first-order chi connectivity index (χ1) is 13.3. The van der Waals surface area contributed by atoms with Gasteiger partial charge in [0.25, 0.3) is 0 Å². The van der Waals surface area contributed by atoms with Gasteiger partial charge >= 0.3 is 0 Å². The number of fused-ring (bicyclic) bond motifs is 1. The number of aliphatic hydroxyl groups is 1. The van der Waals surface area contributed by atoms with Gasteiger partial charge in [-0.1, -0.05) is 11.6 Å². The van der Waals surface area contributed by atoms with Crippen LogP contribution in [0.15, 0.2) is 12.1 Å². The third-order valence-corrected chi connectivity index (χ3v) is 6.95. The van der Waals surface area contributed by atoms with E-state index in [-0.39, 0.29) is 52.8 Å². The van der Waals surface area contributed by atoms with E-state index < -0.39 is 21.5 Å². The summed E-state index contributed by atoms with van der Waals surface area (Å²) in [5, 5.41) is 8.98. The predicted octanol–water partition coefficient (Wildman–Crippen LogP) is 3.13. The summed E-state index contributed by atoms with van der Waals surface area (Å²) < 4.78 is 52.6. The first kappa shape index (κ1) is 22.1. The van der Waals surface area contributed by atoms with Crippen LogP contribution in [0.4, 0.5) is 14.6 Å². The molecule has 0 atom stereocenters. The number of benzene rings is 1. The van der Waals surface area contributed by atoms with Crippen molar-refractivity contribution in [3.05, 3.63) is 40.0 Å². The zero-order valence-corrected chi connectivity index (χ0v) is 17.6. The number of sulfone groups is 1. The van der Waals surface area contributed by atoms with Crippen LogP contribution in [0.2, 0.25) is 5.02 Å². The molecule has 4 rings (SSSR count). The van der Waals surface area contributed by atoms with Crippen LogP contribution in [0, 0.1) is 17.6 Å². The monoisotopic (exact) mass is 465 g/mol. The van der Waals surface area contributed by atoms with E-state index in [9.17, 15) is 22.3 Å². The van der Waals surface area contributed by atoms with Crippen molar-refractivity contribution < 1.29 is 22.3 Å². The molecule has 158 valence electrons. The molecule has 0 unspecified atom stereocenters. The number of hydrogen-bond donors (Lipinski definition) is 1. The molecule has 1 aromatic carbocycles. The van der Waals surface area contributed by atoms with E-state index in [1.54, 1.807) is 0 Å². The Kier molecular flexibility index (Phi) is 6.33. The van der Waals surface area contributed by atoms with Gasteiger partial charge in [-0.05, 0) is 30.9 Å². The van der Waals surface area contributed by atoms with E-state index in [0.717, 1.165) is 25.0 Å². The van der Waals surface area contributed by atoms with E-state index >= 15 is 0 Å². The molecule has 1 N–H and O–H groups in total. The van der Waals surface area contributed by atoms with Gasteiger partial charge in [0.1, 0.15) is 17.5 Å². The lowest BCUT2D eigenvalue weighted by molar-refractivity contribution is 0.202. The van der Waals surface area contributed by atoms with Gasteiger partial charge in [-0.25, -0.2) is 27.2 Å². The molecular formula is C18H19Cl2F2N3O3S. The number of rotatable bonds is 3. The van der Waals surface area contributed by atoms with Crippen molar-refractivity contribution in [2.75, 3.05) is 24.6 Å². The molecule has 3 heterocycles. The molecule has 0 radical (unpaired) electrons. The van der Waals surface area contributed by atoms with E-state index in [4.69, 9.17) is 11.6 Å². The summed E-state index contributed by atoms with van der Waals surface area (Å²) in [4.78, 5) is 10.6. The summed E-state index contributed by atoms with van der Waals surface area (Å²) >= 11 is 5.62. The second kappa shape index (κ2) is 8.29. The molecule has 1 saturated heterocycles. The maximum absolute atomic E-state index is 14.4. The Balaban J connectivity index is 0.00000240. The van der Waals surface area contributed by atoms with E-state index in [1.807, 2.05) is 4.90 Å². The highest BCUT2D eigenvalue weighted by Crippen LogP contribution is 2.36. The number of piperidine rings is 1. The second-order valence-electron chi connectivity index (χ2n) is 7.19. The topological polar surface area (TPSA) is 83.4 Å². The van der Waals surface area contributed by atoms with Crippen molar-refractivity contribution in [3.8, 4) is 11.4 Å². The molecule has 6 nitrogen and oxygen atoms in total. The fourth-order valence-corrected chi connectivity index (χ4v) is 5.31. The normalized spacial score (nSPS) is 18.4. The Bertz CT molecular complexity index is 1050. The molecule has 0 saturated carbocycles. The summed E-state index contributed by atoms with van der Waals surface area (Å²) in [6.45, 7) is 1.28. The summed E-state index contributed by atoms with van der Waals surface area (Å²) in [5.41, 5.74) is 0.667. The lowest BCUT2D eigenvalue weighted by atomic mass is 9.97. The van der Waals surface area contributed by atoms with Crippen LogP contribution < -0.4 is 4.90 Å². The Morgan fingerprint density at radius 2 is 1.83 bits per heavy atom. The van der Waals surface area contributed by atoms with Gasteiger partial charge < -0.3 is 10.0 Å². The van der Waals surface area contributed by atoms with Crippen molar-refractivity contribution in [1.82, 2.24) is 9.97 Å². The van der Waals surface area contributed by atoms with Gasteiger partial charge in [0.15, 0.2) is 15.7 Å². The Morgan fingerprint density at radius 3 is 2.48 bits per heavy atom. The third-order valence-electron chi connectivity index (χ3n) is 5.21. The van der Waals surface area contributed by atoms with E-state index in [0.29, 0.717) is 30.2 Å². The fraction of sp³-hybridized carbons (Fsp3) is 0.444. The average Bonchev–Trinajstić information content (AvgIpc) is 2.97. The summed E-state index contributed by atoms with van der Waals surface area (Å²) in [6.07, 6.45) is 1.47. The maximum Gasteiger partial charge on any atom is 0.164 e. The van der Waals surface area contributed by atoms with Crippen LogP contribution >= 0.6 is 24.0 Å². The number of hydrogen-bond acceptors (Lipinski definition) is 6. The third kappa shape index (κ3) is 4.33. The van der Waals surface area contributed by atoms with Gasteiger partial charge in [0, 0.05) is 25.3 Å². The summed E-state index contributed by atoms with van der Waals surface area (Å²) in [5.74, 6) is -1.45. The Morgan fingerprint density at radius 1 is 1.14 bits per heavy atom. The quantitative estimate of drug-likeness (QED) is 0.700. The van der Waals surface area contributed by atoms with Gasteiger partial charge in [0.05, 0.1) is 27.8 Å². The SMILES string of the molecule is Cl.O=S1(=O)Cc2nc(-c3cc(F)c(Cl)cc3F)nc(N3CCC(CO)CC3)c2C1. The van der Waals surface area contributed by atoms with Crippen LogP contribution in [0.3, 0.4) is 0 Å². The summed E-state index contributed by atoms with van der Waals surface area (Å²) in [7, 11) is -3.36. The van der Waals surface area contributed by atoms with Crippen molar-refractivity contribution in [2.45, 2.75) is 24.3 Å². The zero-order chi connectivity index (χ0) is 20.1. The first-order valence-electron chi connectivity index (χ1n) is 8.88. The van der Waals surface area contributed by atoms with Gasteiger partial charge in [-0.2, -0.15) is 0 Å². The second-order valence-corrected chi connectivity index (χ2v) is 9.66. The minimum absolute atomic E-state index is 0. The molecule has 29 heavy (non-hydrogen) atoms. The Labute approximate surface area is 178 Å². The molecule has 2 aliphatic rings. The molecule has 0 bridgehead atoms. The van der Waals surface area contributed by atoms with Gasteiger partial charge in [-0.15, -0.1) is 12.4 Å². The van der Waals surface area contributed by atoms with Crippen LogP contribution in [0.5, 0.6) is 0 Å². The van der Waals surface area contributed by atoms with E-state index in [2.05, 4.69) is 9.97 Å². The lowest BCUT2D eigenvalue weighted by Gasteiger charge is -2.33. The number of halogens is 4. The molecular weight excluding hydrogens is 447 g/mol. The first-order valence-corrected chi connectivity index (χ1v) is 11.1. The van der Waals surface area contributed by atoms with Crippen molar-refractivity contribution in [2.24, 2.45) is 5.92 Å². The molecule has 0 amide bonds. The largest absolute Gasteiger partial charge is 0.396 e. The maximum atomic E-state index is 14.4. The summed E-state index contributed by atoms with van der Waals surface area (Å²) in [6, 6.07) is 1.77. The molecule has 1 fully saturated rings. The minimum atomic E-state index is -3.36. The van der Waals surface area contributed by atoms with Gasteiger partial charge in [0.2, 0.25) is 0 Å². The standard InChI is InChI=1S/C18H18ClF2N3O3S.ClH/c19-13-6-14(20)11(5-15(13)21)17-22-16-9-28(26,27)8-12(16)18(23-17)24-3-1-10(7-25)2-4-24;/h5-6,10,25H,1-4,7-9H2;1H. The van der Waals surface area contributed by atoms with Crippen LogP contribution in [-0.4, -0.2) is 43.2 Å². The Hall–Kier alpha value is -1.55. The highest BCUT2D eigenvalue weighted by Gasteiger charge is 2.33. The highest BCUT2D eigenvalue weighted by atomic mass is 35.5. The minimum Gasteiger partial charge on any atom is -0.396 e. The van der Waals surface area contributed by atoms with Crippen molar-refractivity contribution in [1.29, 1.82) is 0 Å². The number of anilines is 1. The zero-order valence-electron chi connectivity index (χ0n) is 15.2. The van der Waals surface area contributed by atoms with Crippen LogP contribution in [0.1, 0.15) is 24.1 Å². The molecule has 0 spiro atoms. The number of aromatic nitrogens is 2. The molecule has 2 aliphatic heterocycles. The highest BCUT2D eigenvalue weighted by molar-refractivity contribution is 7.90. The average molecular weight is 466 g/mol. The molecule has 11 heteroatoms. The van der Waals surface area contributed by atoms with E-state index in [1.165, 1.54) is 0 Å². The van der Waals surface area contributed by atoms with Crippen LogP contribution in [0.25, 0.3) is 11.4 Å². The molecule has 0 aliphatic carbocycles. The smallest absolute Gasteiger partial charge is 0.164 e. The number of nitrogens with zero attached hydrogens (tertiary/aromatic N) is 3. The lowest BCUT2D eigenvalue weighted by Crippen LogP contribution is -2.36. The fourth-order valence-electron chi connectivity index (χ4n) is 3.67. The number of aliphatic hydroxyl groups excluding tert-OH is 1. The van der Waals surface area contributed by atoms with Crippen LogP contribution in [-0.2, 0) is 21.3 Å².